The Morgan fingerprint density at radius 1 is 1.00 bits per heavy atom. The van der Waals surface area contributed by atoms with E-state index in [1.54, 1.807) is 24.2 Å². The van der Waals surface area contributed by atoms with Crippen LogP contribution < -0.4 is 10.1 Å². The van der Waals surface area contributed by atoms with E-state index in [1.165, 1.54) is 12.6 Å². The van der Waals surface area contributed by atoms with E-state index in [-0.39, 0.29) is 5.75 Å². The normalized spacial score (nSPS) is 11.6. The van der Waals surface area contributed by atoms with Crippen molar-refractivity contribution >= 4 is 21.3 Å². The molecule has 37 heavy (non-hydrogen) atoms. The first-order valence-electron chi connectivity index (χ1n) is 11.6. The van der Waals surface area contributed by atoms with Gasteiger partial charge in [0.25, 0.3) is 0 Å². The molecular formula is C25H26N8O3S. The second kappa shape index (κ2) is 10.3. The minimum Gasteiger partial charge on any atom is -0.493 e. The summed E-state index contributed by atoms with van der Waals surface area (Å²) in [5.74, 6) is 1.43. The third-order valence-corrected chi connectivity index (χ3v) is 6.70. The summed E-state index contributed by atoms with van der Waals surface area (Å²) in [5.41, 5.74) is 5.19. The minimum absolute atomic E-state index is 0.0983. The average Bonchev–Trinajstić information content (AvgIpc) is 3.51. The number of hydrogen-bond donors (Lipinski definition) is 1. The van der Waals surface area contributed by atoms with Crippen LogP contribution in [0.4, 0.5) is 5.82 Å². The Hall–Kier alpha value is -4.32. The molecule has 0 saturated carbocycles. The van der Waals surface area contributed by atoms with E-state index in [9.17, 15) is 8.42 Å². The molecule has 0 spiro atoms. The van der Waals surface area contributed by atoms with Gasteiger partial charge in [-0.15, -0.1) is 0 Å². The number of hydrogen-bond acceptors (Lipinski definition) is 9. The molecule has 1 N–H and O–H groups in total. The quantitative estimate of drug-likeness (QED) is 0.277. The van der Waals surface area contributed by atoms with Crippen LogP contribution >= 0.6 is 0 Å². The number of benzene rings is 1. The molecular weight excluding hydrogens is 492 g/mol. The van der Waals surface area contributed by atoms with Crippen LogP contribution in [0.15, 0.2) is 67.4 Å². The van der Waals surface area contributed by atoms with Crippen LogP contribution in [0.25, 0.3) is 28.3 Å². The van der Waals surface area contributed by atoms with Gasteiger partial charge in [0.15, 0.2) is 0 Å². The first-order chi connectivity index (χ1) is 17.8. The molecule has 0 saturated heterocycles. The first kappa shape index (κ1) is 24.4. The Bertz CT molecular complexity index is 1630. The molecule has 11 nitrogen and oxygen atoms in total. The first-order valence-corrected chi connectivity index (χ1v) is 13.7. The second-order valence-electron chi connectivity index (χ2n) is 8.62. The lowest BCUT2D eigenvalue weighted by Crippen LogP contribution is -2.08. The Morgan fingerprint density at radius 2 is 1.84 bits per heavy atom. The molecule has 190 valence electrons. The maximum Gasteiger partial charge on any atom is 0.147 e. The van der Waals surface area contributed by atoms with Gasteiger partial charge in [-0.2, -0.15) is 15.0 Å². The Morgan fingerprint density at radius 3 is 2.59 bits per heavy atom. The number of aryl methyl sites for hydroxylation is 1. The molecule has 0 radical (unpaired) electrons. The summed E-state index contributed by atoms with van der Waals surface area (Å²) in [5, 5.41) is 11.8. The monoisotopic (exact) mass is 518 g/mol. The highest BCUT2D eigenvalue weighted by Crippen LogP contribution is 2.23. The predicted octanol–water partition coefficient (Wildman–Crippen LogP) is 3.01. The minimum atomic E-state index is -2.99. The molecule has 0 aliphatic heterocycles. The summed E-state index contributed by atoms with van der Waals surface area (Å²) < 4.78 is 30.1. The van der Waals surface area contributed by atoms with Crippen LogP contribution in [0, 0.1) is 0 Å². The van der Waals surface area contributed by atoms with Crippen LogP contribution in [-0.2, 0) is 23.4 Å². The molecule has 0 bridgehead atoms. The predicted molar refractivity (Wildman–Crippen MR) is 140 cm³/mol. The zero-order chi connectivity index (χ0) is 25.8. The smallest absolute Gasteiger partial charge is 0.147 e. The summed E-state index contributed by atoms with van der Waals surface area (Å²) in [6.07, 6.45) is 8.53. The van der Waals surface area contributed by atoms with Crippen molar-refractivity contribution in [3.63, 3.8) is 0 Å². The van der Waals surface area contributed by atoms with Crippen LogP contribution in [0.5, 0.6) is 5.75 Å². The molecule has 5 rings (SSSR count). The molecule has 0 fully saturated rings. The van der Waals surface area contributed by atoms with Crippen LogP contribution in [-0.4, -0.2) is 61.4 Å². The maximum absolute atomic E-state index is 11.3. The number of fused-ring (bicyclic) bond motifs is 1. The molecule has 0 amide bonds. The number of imidazole rings is 1. The molecule has 12 heteroatoms. The van der Waals surface area contributed by atoms with Crippen molar-refractivity contribution in [3.05, 3.63) is 72.9 Å². The van der Waals surface area contributed by atoms with Crippen LogP contribution in [0.2, 0.25) is 0 Å². The molecule has 0 atom stereocenters. The molecule has 4 aromatic heterocycles. The van der Waals surface area contributed by atoms with Gasteiger partial charge < -0.3 is 10.1 Å². The lowest BCUT2D eigenvalue weighted by atomic mass is 10.1. The van der Waals surface area contributed by atoms with Gasteiger partial charge >= 0.3 is 0 Å². The number of pyridine rings is 1. The van der Waals surface area contributed by atoms with Gasteiger partial charge in [-0.1, -0.05) is 24.3 Å². The van der Waals surface area contributed by atoms with Crippen molar-refractivity contribution in [2.45, 2.75) is 13.0 Å². The number of aromatic nitrogens is 7. The summed E-state index contributed by atoms with van der Waals surface area (Å²) in [6, 6.07) is 13.7. The third-order valence-electron chi connectivity index (χ3n) is 5.67. The van der Waals surface area contributed by atoms with E-state index in [2.05, 4.69) is 30.5 Å². The van der Waals surface area contributed by atoms with Crippen LogP contribution in [0.3, 0.4) is 0 Å². The highest BCUT2D eigenvalue weighted by atomic mass is 32.2. The number of nitrogens with zero attached hydrogens (tertiary/aromatic N) is 7. The van der Waals surface area contributed by atoms with Crippen molar-refractivity contribution in [2.75, 3.05) is 23.9 Å². The van der Waals surface area contributed by atoms with Gasteiger partial charge in [-0.25, -0.2) is 23.4 Å². The summed E-state index contributed by atoms with van der Waals surface area (Å²) in [7, 11) is -1.20. The fourth-order valence-electron chi connectivity index (χ4n) is 3.81. The summed E-state index contributed by atoms with van der Waals surface area (Å²) >= 11 is 0. The highest BCUT2D eigenvalue weighted by Gasteiger charge is 2.10. The molecule has 0 aliphatic carbocycles. The van der Waals surface area contributed by atoms with Gasteiger partial charge in [0.05, 0.1) is 36.1 Å². The van der Waals surface area contributed by atoms with Gasteiger partial charge in [0.2, 0.25) is 0 Å². The number of ether oxygens (including phenoxy) is 1. The average molecular weight is 519 g/mol. The van der Waals surface area contributed by atoms with Gasteiger partial charge in [0, 0.05) is 43.7 Å². The fraction of sp³-hybridized carbons (Fsp3) is 0.240. The maximum atomic E-state index is 11.3. The third kappa shape index (κ3) is 6.09. The van der Waals surface area contributed by atoms with Crippen molar-refractivity contribution in [3.8, 4) is 28.4 Å². The highest BCUT2D eigenvalue weighted by molar-refractivity contribution is 7.90. The summed E-state index contributed by atoms with van der Waals surface area (Å²) in [4.78, 5) is 14.8. The van der Waals surface area contributed by atoms with E-state index < -0.39 is 9.84 Å². The van der Waals surface area contributed by atoms with Crippen molar-refractivity contribution in [1.29, 1.82) is 0 Å². The Kier molecular flexibility index (Phi) is 6.82. The molecule has 0 aliphatic rings. The molecule has 1 aromatic carbocycles. The van der Waals surface area contributed by atoms with E-state index in [1.807, 2.05) is 53.1 Å². The topological polar surface area (TPSA) is 129 Å². The van der Waals surface area contributed by atoms with Gasteiger partial charge in [-0.05, 0) is 18.1 Å². The van der Waals surface area contributed by atoms with E-state index in [4.69, 9.17) is 4.74 Å². The van der Waals surface area contributed by atoms with Gasteiger partial charge in [-0.3, -0.25) is 4.40 Å². The number of sulfone groups is 1. The Balaban J connectivity index is 1.24. The largest absolute Gasteiger partial charge is 0.493 e. The number of rotatable bonds is 10. The van der Waals surface area contributed by atoms with Gasteiger partial charge in [0.1, 0.15) is 39.1 Å². The van der Waals surface area contributed by atoms with E-state index in [0.29, 0.717) is 36.8 Å². The van der Waals surface area contributed by atoms with Crippen LogP contribution in [0.1, 0.15) is 12.0 Å². The SMILES string of the molecule is Cn1ncc(-c2ccc(CNc3cc(-c4cnc5cc(OCCCS(C)(=O)=O)ccn45)ncn3)cc2)n1. The number of nitrogens with one attached hydrogen (secondary N) is 1. The zero-order valence-electron chi connectivity index (χ0n) is 20.4. The zero-order valence-corrected chi connectivity index (χ0v) is 21.3. The lowest BCUT2D eigenvalue weighted by molar-refractivity contribution is 0.317. The lowest BCUT2D eigenvalue weighted by Gasteiger charge is -2.09. The van der Waals surface area contributed by atoms with Crippen molar-refractivity contribution in [2.24, 2.45) is 7.05 Å². The molecule has 0 unspecified atom stereocenters. The Labute approximate surface area is 214 Å². The molecule has 4 heterocycles. The fourth-order valence-corrected chi connectivity index (χ4v) is 4.45. The van der Waals surface area contributed by atoms with E-state index in [0.717, 1.165) is 28.2 Å². The number of anilines is 1. The van der Waals surface area contributed by atoms with E-state index >= 15 is 0 Å². The standard InChI is InChI=1S/C25H26N8O3S/c1-32-30-15-22(31-32)19-6-4-18(5-7-19)14-26-24-13-21(28-17-29-24)23-16-27-25-12-20(8-9-33(23)25)36-10-3-11-37(2,34)35/h4-9,12-13,15-17H,3,10-11,14H2,1-2H3,(H,26,28,29). The van der Waals surface area contributed by atoms with Crippen molar-refractivity contribution < 1.29 is 13.2 Å². The second-order valence-corrected chi connectivity index (χ2v) is 10.9. The summed E-state index contributed by atoms with van der Waals surface area (Å²) in [6.45, 7) is 0.922. The van der Waals surface area contributed by atoms with Crippen molar-refractivity contribution in [1.82, 2.24) is 34.3 Å². The molecule has 5 aromatic rings.